The highest BCUT2D eigenvalue weighted by Crippen LogP contribution is 2.27. The number of aromatic carboxylic acids is 1. The van der Waals surface area contributed by atoms with Crippen LogP contribution in [0.1, 0.15) is 16.1 Å². The van der Waals surface area contributed by atoms with Crippen LogP contribution in [0, 0.1) is 0 Å². The molecular weight excluding hydrogens is 346 g/mol. The van der Waals surface area contributed by atoms with Crippen LogP contribution >= 0.6 is 0 Å². The predicted octanol–water partition coefficient (Wildman–Crippen LogP) is 1.85. The second-order valence-electron chi connectivity index (χ2n) is 7.08. The van der Waals surface area contributed by atoms with E-state index in [0.29, 0.717) is 24.4 Å². The van der Waals surface area contributed by atoms with Gasteiger partial charge in [-0.1, -0.05) is 18.2 Å². The van der Waals surface area contributed by atoms with Crippen molar-refractivity contribution in [3.05, 3.63) is 47.7 Å². The molecule has 2 aromatic rings. The van der Waals surface area contributed by atoms with Gasteiger partial charge in [-0.25, -0.2) is 4.79 Å². The molecule has 0 unspecified atom stereocenters. The van der Waals surface area contributed by atoms with Crippen molar-refractivity contribution in [1.82, 2.24) is 14.7 Å². The van der Waals surface area contributed by atoms with Crippen molar-refractivity contribution in [1.29, 1.82) is 0 Å². The van der Waals surface area contributed by atoms with Gasteiger partial charge in [-0.05, 0) is 25.2 Å². The summed E-state index contributed by atoms with van der Waals surface area (Å²) >= 11 is 0. The third kappa shape index (κ3) is 4.20. The van der Waals surface area contributed by atoms with Crippen LogP contribution in [0.3, 0.4) is 0 Å². The standard InChI is InChI=1S/C20H25N3O4/c1-21(2)19(24)17-13-23(11-10-22(17)3)12-14-8-9-18(27-14)15-6-4-5-7-16(15)20(25)26/h4-9,17H,10-13H2,1-3H3,(H,25,26)/t17-/m1/s1. The SMILES string of the molecule is CN(C)C(=O)[C@H]1CN(Cc2ccc(-c3ccccc3C(=O)O)o2)CCN1C. The Morgan fingerprint density at radius 2 is 1.93 bits per heavy atom. The second-order valence-corrected chi connectivity index (χ2v) is 7.08. The molecule has 1 fully saturated rings. The minimum atomic E-state index is -0.979. The molecule has 1 aliphatic rings. The summed E-state index contributed by atoms with van der Waals surface area (Å²) in [6.45, 7) is 2.87. The maximum Gasteiger partial charge on any atom is 0.336 e. The Kier molecular flexibility index (Phi) is 5.62. The van der Waals surface area contributed by atoms with Gasteiger partial charge in [0, 0.05) is 39.3 Å². The number of nitrogens with zero attached hydrogens (tertiary/aromatic N) is 3. The average Bonchev–Trinajstić information content (AvgIpc) is 3.11. The number of rotatable bonds is 5. The van der Waals surface area contributed by atoms with Crippen LogP contribution in [0.4, 0.5) is 0 Å². The Hall–Kier alpha value is -2.64. The molecule has 1 aliphatic heterocycles. The first kappa shape index (κ1) is 19.1. The minimum absolute atomic E-state index is 0.0951. The van der Waals surface area contributed by atoms with Crippen molar-refractivity contribution in [3.8, 4) is 11.3 Å². The molecule has 1 atom stereocenters. The van der Waals surface area contributed by atoms with E-state index in [9.17, 15) is 14.7 Å². The van der Waals surface area contributed by atoms with E-state index in [1.165, 1.54) is 0 Å². The molecule has 1 aromatic heterocycles. The first-order valence-electron chi connectivity index (χ1n) is 8.92. The maximum absolute atomic E-state index is 12.4. The lowest BCUT2D eigenvalue weighted by Gasteiger charge is -2.39. The molecule has 0 bridgehead atoms. The van der Waals surface area contributed by atoms with Crippen LogP contribution in [0.25, 0.3) is 11.3 Å². The van der Waals surface area contributed by atoms with E-state index in [4.69, 9.17) is 4.42 Å². The van der Waals surface area contributed by atoms with Crippen molar-refractivity contribution in [3.63, 3.8) is 0 Å². The fraction of sp³-hybridized carbons (Fsp3) is 0.400. The van der Waals surface area contributed by atoms with E-state index in [2.05, 4.69) is 9.80 Å². The zero-order chi connectivity index (χ0) is 19.6. The summed E-state index contributed by atoms with van der Waals surface area (Å²) < 4.78 is 5.92. The molecule has 1 amide bonds. The highest BCUT2D eigenvalue weighted by molar-refractivity contribution is 5.95. The third-order valence-electron chi connectivity index (χ3n) is 4.92. The van der Waals surface area contributed by atoms with E-state index in [1.807, 2.05) is 13.1 Å². The molecule has 7 heteroatoms. The lowest BCUT2D eigenvalue weighted by Crippen LogP contribution is -2.57. The Balaban J connectivity index is 1.73. The normalized spacial score (nSPS) is 18.4. The van der Waals surface area contributed by atoms with Gasteiger partial charge in [0.1, 0.15) is 17.6 Å². The smallest absolute Gasteiger partial charge is 0.336 e. The topological polar surface area (TPSA) is 77.2 Å². The number of hydrogen-bond acceptors (Lipinski definition) is 5. The molecule has 1 saturated heterocycles. The van der Waals surface area contributed by atoms with Gasteiger partial charge >= 0.3 is 5.97 Å². The Morgan fingerprint density at radius 3 is 2.63 bits per heavy atom. The van der Waals surface area contributed by atoms with Gasteiger partial charge < -0.3 is 14.4 Å². The van der Waals surface area contributed by atoms with Crippen molar-refractivity contribution < 1.29 is 19.1 Å². The van der Waals surface area contributed by atoms with E-state index in [1.54, 1.807) is 49.3 Å². The number of piperazine rings is 1. The molecule has 0 saturated carbocycles. The number of likely N-dealkylation sites (N-methyl/N-ethyl adjacent to an activating group) is 2. The van der Waals surface area contributed by atoms with Crippen molar-refractivity contribution in [2.24, 2.45) is 0 Å². The van der Waals surface area contributed by atoms with Crippen LogP contribution in [0.5, 0.6) is 0 Å². The number of carbonyl (C=O) groups excluding carboxylic acids is 1. The van der Waals surface area contributed by atoms with Gasteiger partial charge in [0.05, 0.1) is 12.1 Å². The highest BCUT2D eigenvalue weighted by Gasteiger charge is 2.31. The highest BCUT2D eigenvalue weighted by atomic mass is 16.4. The molecule has 1 N–H and O–H groups in total. The summed E-state index contributed by atoms with van der Waals surface area (Å²) in [7, 11) is 5.51. The maximum atomic E-state index is 12.4. The molecule has 144 valence electrons. The van der Waals surface area contributed by atoms with Crippen molar-refractivity contribution in [2.45, 2.75) is 12.6 Å². The minimum Gasteiger partial charge on any atom is -0.478 e. The molecule has 27 heavy (non-hydrogen) atoms. The first-order valence-corrected chi connectivity index (χ1v) is 8.92. The van der Waals surface area contributed by atoms with E-state index < -0.39 is 5.97 Å². The Labute approximate surface area is 158 Å². The number of hydrogen-bond donors (Lipinski definition) is 1. The summed E-state index contributed by atoms with van der Waals surface area (Å²) in [5, 5.41) is 9.36. The number of amides is 1. The van der Waals surface area contributed by atoms with E-state index >= 15 is 0 Å². The van der Waals surface area contributed by atoms with Crippen LogP contribution in [0.2, 0.25) is 0 Å². The fourth-order valence-corrected chi connectivity index (χ4v) is 3.35. The molecule has 3 rings (SSSR count). The molecule has 2 heterocycles. The molecule has 0 radical (unpaired) electrons. The van der Waals surface area contributed by atoms with Crippen LogP contribution in [-0.2, 0) is 11.3 Å². The zero-order valence-electron chi connectivity index (χ0n) is 15.9. The van der Waals surface area contributed by atoms with Crippen LogP contribution < -0.4 is 0 Å². The summed E-state index contributed by atoms with van der Waals surface area (Å²) in [5.41, 5.74) is 0.782. The summed E-state index contributed by atoms with van der Waals surface area (Å²) in [6, 6.07) is 10.3. The number of furan rings is 1. The van der Waals surface area contributed by atoms with Crippen molar-refractivity contribution in [2.75, 3.05) is 40.8 Å². The number of carboxylic acids is 1. The van der Waals surface area contributed by atoms with Crippen LogP contribution in [0.15, 0.2) is 40.8 Å². The summed E-state index contributed by atoms with van der Waals surface area (Å²) in [4.78, 5) is 29.7. The van der Waals surface area contributed by atoms with Crippen LogP contribution in [-0.4, -0.2) is 78.5 Å². The van der Waals surface area contributed by atoms with E-state index in [0.717, 1.165) is 18.8 Å². The van der Waals surface area contributed by atoms with E-state index in [-0.39, 0.29) is 17.5 Å². The predicted molar refractivity (Wildman–Crippen MR) is 101 cm³/mol. The molecule has 0 aliphatic carbocycles. The Morgan fingerprint density at radius 1 is 1.19 bits per heavy atom. The second kappa shape index (κ2) is 7.94. The lowest BCUT2D eigenvalue weighted by atomic mass is 10.1. The monoisotopic (exact) mass is 371 g/mol. The quantitative estimate of drug-likeness (QED) is 0.864. The molecule has 7 nitrogen and oxygen atoms in total. The lowest BCUT2D eigenvalue weighted by molar-refractivity contribution is -0.136. The van der Waals surface area contributed by atoms with Crippen molar-refractivity contribution >= 4 is 11.9 Å². The fourth-order valence-electron chi connectivity index (χ4n) is 3.35. The van der Waals surface area contributed by atoms with Gasteiger partial charge in [0.2, 0.25) is 5.91 Å². The molecule has 0 spiro atoms. The largest absolute Gasteiger partial charge is 0.478 e. The van der Waals surface area contributed by atoms with Gasteiger partial charge in [-0.15, -0.1) is 0 Å². The van der Waals surface area contributed by atoms with Gasteiger partial charge in [0.25, 0.3) is 0 Å². The van der Waals surface area contributed by atoms with Gasteiger partial charge in [-0.2, -0.15) is 0 Å². The zero-order valence-corrected chi connectivity index (χ0v) is 15.9. The summed E-state index contributed by atoms with van der Waals surface area (Å²) in [5.74, 6) is 0.411. The molecule has 1 aromatic carbocycles. The first-order chi connectivity index (χ1) is 12.9. The van der Waals surface area contributed by atoms with Gasteiger partial charge in [0.15, 0.2) is 0 Å². The molecular formula is C20H25N3O4. The number of carboxylic acid groups (broad SMARTS) is 1. The van der Waals surface area contributed by atoms with Gasteiger partial charge in [-0.3, -0.25) is 14.6 Å². The third-order valence-corrected chi connectivity index (χ3v) is 4.92. The number of carbonyl (C=O) groups is 2. The average molecular weight is 371 g/mol. The summed E-state index contributed by atoms with van der Waals surface area (Å²) in [6.07, 6.45) is 0. The Bertz CT molecular complexity index is 830. The number of benzene rings is 1.